The molecule has 2 aromatic rings. The average Bonchev–Trinajstić information content (AvgIpc) is 2.75. The molecule has 0 spiro atoms. The van der Waals surface area contributed by atoms with Crippen molar-refractivity contribution in [2.75, 3.05) is 5.32 Å². The minimum Gasteiger partial charge on any atom is -0.447 e. The zero-order chi connectivity index (χ0) is 14.1. The summed E-state index contributed by atoms with van der Waals surface area (Å²) in [5, 5.41) is 2.73. The molecule has 0 radical (unpaired) electrons. The van der Waals surface area contributed by atoms with Crippen LogP contribution < -0.4 is 5.32 Å². The number of nitrogens with one attached hydrogen (secondary N) is 1. The molecule has 1 atom stereocenters. The van der Waals surface area contributed by atoms with Crippen LogP contribution in [-0.2, 0) is 14.3 Å². The zero-order valence-corrected chi connectivity index (χ0v) is 10.8. The summed E-state index contributed by atoms with van der Waals surface area (Å²) in [6.45, 7) is 1.29. The number of amides is 1. The quantitative estimate of drug-likeness (QED) is 0.848. The number of pyridine rings is 1. The lowest BCUT2D eigenvalue weighted by molar-refractivity contribution is -0.151. The van der Waals surface area contributed by atoms with Crippen molar-refractivity contribution in [3.8, 4) is 11.1 Å². The first-order valence-electron chi connectivity index (χ1n) is 6.18. The third-order valence-electron chi connectivity index (χ3n) is 3.14. The molecule has 1 unspecified atom stereocenters. The summed E-state index contributed by atoms with van der Waals surface area (Å²) in [7, 11) is 0. The van der Waals surface area contributed by atoms with E-state index >= 15 is 0 Å². The maximum absolute atomic E-state index is 11.9. The molecule has 20 heavy (non-hydrogen) atoms. The first-order valence-corrected chi connectivity index (χ1v) is 6.18. The molecule has 5 nitrogen and oxygen atoms in total. The molecule has 3 rings (SSSR count). The van der Waals surface area contributed by atoms with Crippen LogP contribution in [0.15, 0.2) is 42.7 Å². The Morgan fingerprint density at radius 3 is 2.70 bits per heavy atom. The molecule has 0 aliphatic carbocycles. The first kappa shape index (κ1) is 12.3. The number of hydrogen-bond acceptors (Lipinski definition) is 4. The Morgan fingerprint density at radius 2 is 2.00 bits per heavy atom. The standard InChI is InChI=1S/C15H12N2O3/c1-9(18)20-14-13-11(10-5-7-16-8-6-10)3-2-4-12(13)17-15(14)19/h2-8,14H,1H3,(H,17,19). The summed E-state index contributed by atoms with van der Waals surface area (Å²) in [6.07, 6.45) is 2.46. The van der Waals surface area contributed by atoms with Crippen LogP contribution in [0.4, 0.5) is 5.69 Å². The van der Waals surface area contributed by atoms with Crippen LogP contribution in [0.1, 0.15) is 18.6 Å². The molecule has 0 saturated heterocycles. The van der Waals surface area contributed by atoms with E-state index in [4.69, 9.17) is 4.74 Å². The molecule has 1 N–H and O–H groups in total. The summed E-state index contributed by atoms with van der Waals surface area (Å²) >= 11 is 0. The maximum Gasteiger partial charge on any atom is 0.303 e. The Bertz CT molecular complexity index is 683. The van der Waals surface area contributed by atoms with E-state index in [1.54, 1.807) is 18.5 Å². The molecule has 1 aromatic heterocycles. The molecule has 1 aromatic carbocycles. The fourth-order valence-corrected chi connectivity index (χ4v) is 2.35. The van der Waals surface area contributed by atoms with E-state index in [1.807, 2.05) is 24.3 Å². The van der Waals surface area contributed by atoms with E-state index in [0.29, 0.717) is 11.3 Å². The van der Waals surface area contributed by atoms with Crippen LogP contribution in [0.5, 0.6) is 0 Å². The number of esters is 1. The zero-order valence-electron chi connectivity index (χ0n) is 10.8. The van der Waals surface area contributed by atoms with E-state index in [9.17, 15) is 9.59 Å². The number of aromatic nitrogens is 1. The van der Waals surface area contributed by atoms with Gasteiger partial charge in [0.2, 0.25) is 6.10 Å². The van der Waals surface area contributed by atoms with Crippen LogP contribution in [0.3, 0.4) is 0 Å². The summed E-state index contributed by atoms with van der Waals surface area (Å²) < 4.78 is 5.15. The number of ether oxygens (including phenoxy) is 1. The fourth-order valence-electron chi connectivity index (χ4n) is 2.35. The van der Waals surface area contributed by atoms with Gasteiger partial charge in [0.25, 0.3) is 5.91 Å². The minimum atomic E-state index is -0.896. The van der Waals surface area contributed by atoms with Gasteiger partial charge in [-0.25, -0.2) is 0 Å². The fraction of sp³-hybridized carbons (Fsp3) is 0.133. The van der Waals surface area contributed by atoms with Gasteiger partial charge in [-0.1, -0.05) is 12.1 Å². The predicted octanol–water partition coefficient (Wildman–Crippen LogP) is 2.30. The lowest BCUT2D eigenvalue weighted by atomic mass is 9.97. The van der Waals surface area contributed by atoms with Gasteiger partial charge in [0.1, 0.15) is 0 Å². The van der Waals surface area contributed by atoms with Crippen molar-refractivity contribution in [2.45, 2.75) is 13.0 Å². The van der Waals surface area contributed by atoms with E-state index in [-0.39, 0.29) is 5.91 Å². The second-order valence-electron chi connectivity index (χ2n) is 4.48. The lowest BCUT2D eigenvalue weighted by Gasteiger charge is -2.13. The van der Waals surface area contributed by atoms with E-state index in [2.05, 4.69) is 10.3 Å². The number of nitrogens with zero attached hydrogens (tertiary/aromatic N) is 1. The number of carbonyl (C=O) groups is 2. The van der Waals surface area contributed by atoms with Crippen molar-refractivity contribution >= 4 is 17.6 Å². The molecule has 0 fully saturated rings. The van der Waals surface area contributed by atoms with Crippen molar-refractivity contribution in [1.29, 1.82) is 0 Å². The maximum atomic E-state index is 11.9. The first-order chi connectivity index (χ1) is 9.66. The highest BCUT2D eigenvalue weighted by Gasteiger charge is 2.35. The molecule has 100 valence electrons. The minimum absolute atomic E-state index is 0.322. The lowest BCUT2D eigenvalue weighted by Crippen LogP contribution is -2.17. The van der Waals surface area contributed by atoms with Gasteiger partial charge in [-0.3, -0.25) is 14.6 Å². The molecular weight excluding hydrogens is 256 g/mol. The summed E-state index contributed by atoms with van der Waals surface area (Å²) in [5.74, 6) is -0.806. The van der Waals surface area contributed by atoms with Gasteiger partial charge in [-0.2, -0.15) is 0 Å². The van der Waals surface area contributed by atoms with Crippen molar-refractivity contribution in [2.24, 2.45) is 0 Å². The van der Waals surface area contributed by atoms with E-state index in [0.717, 1.165) is 11.1 Å². The van der Waals surface area contributed by atoms with Crippen molar-refractivity contribution in [3.05, 3.63) is 48.3 Å². The van der Waals surface area contributed by atoms with Gasteiger partial charge in [-0.15, -0.1) is 0 Å². The Balaban J connectivity index is 2.14. The number of hydrogen-bond donors (Lipinski definition) is 1. The van der Waals surface area contributed by atoms with E-state index < -0.39 is 12.1 Å². The number of anilines is 1. The molecule has 1 aliphatic rings. The van der Waals surface area contributed by atoms with Crippen LogP contribution in [0.2, 0.25) is 0 Å². The highest BCUT2D eigenvalue weighted by molar-refractivity contribution is 6.05. The van der Waals surface area contributed by atoms with Crippen LogP contribution in [0.25, 0.3) is 11.1 Å². The number of carbonyl (C=O) groups excluding carboxylic acids is 2. The number of rotatable bonds is 2. The SMILES string of the molecule is CC(=O)OC1C(=O)Nc2cccc(-c3ccncc3)c21. The van der Waals surface area contributed by atoms with Gasteiger partial charge in [-0.05, 0) is 29.3 Å². The Morgan fingerprint density at radius 1 is 1.25 bits per heavy atom. The predicted molar refractivity (Wildman–Crippen MR) is 72.8 cm³/mol. The molecule has 0 bridgehead atoms. The Hall–Kier alpha value is -2.69. The highest BCUT2D eigenvalue weighted by atomic mass is 16.5. The van der Waals surface area contributed by atoms with Gasteiger partial charge in [0.05, 0.1) is 0 Å². The van der Waals surface area contributed by atoms with Crippen LogP contribution in [0, 0.1) is 0 Å². The van der Waals surface area contributed by atoms with Crippen molar-refractivity contribution in [3.63, 3.8) is 0 Å². The number of fused-ring (bicyclic) bond motifs is 1. The number of benzene rings is 1. The summed E-state index contributed by atoms with van der Waals surface area (Å²) in [6, 6.07) is 9.24. The summed E-state index contributed by atoms with van der Waals surface area (Å²) in [4.78, 5) is 27.1. The Kier molecular flexibility index (Phi) is 2.95. The largest absolute Gasteiger partial charge is 0.447 e. The molecule has 2 heterocycles. The average molecular weight is 268 g/mol. The van der Waals surface area contributed by atoms with E-state index in [1.165, 1.54) is 6.92 Å². The van der Waals surface area contributed by atoms with Gasteiger partial charge in [0.15, 0.2) is 0 Å². The smallest absolute Gasteiger partial charge is 0.303 e. The topological polar surface area (TPSA) is 68.3 Å². The molecular formula is C15H12N2O3. The van der Waals surface area contributed by atoms with Crippen molar-refractivity contribution in [1.82, 2.24) is 4.98 Å². The van der Waals surface area contributed by atoms with Gasteiger partial charge >= 0.3 is 5.97 Å². The van der Waals surface area contributed by atoms with Gasteiger partial charge < -0.3 is 10.1 Å². The second kappa shape index (κ2) is 4.77. The monoisotopic (exact) mass is 268 g/mol. The van der Waals surface area contributed by atoms with Gasteiger partial charge in [0, 0.05) is 30.6 Å². The van der Waals surface area contributed by atoms with Crippen LogP contribution >= 0.6 is 0 Å². The molecule has 1 amide bonds. The third-order valence-corrected chi connectivity index (χ3v) is 3.14. The normalized spacial score (nSPS) is 16.4. The Labute approximate surface area is 115 Å². The molecule has 1 aliphatic heterocycles. The molecule has 0 saturated carbocycles. The second-order valence-corrected chi connectivity index (χ2v) is 4.48. The van der Waals surface area contributed by atoms with Crippen LogP contribution in [-0.4, -0.2) is 16.9 Å². The summed E-state index contributed by atoms with van der Waals surface area (Å²) in [5.41, 5.74) is 3.15. The third kappa shape index (κ3) is 2.03. The van der Waals surface area contributed by atoms with Crippen molar-refractivity contribution < 1.29 is 14.3 Å². The molecule has 5 heteroatoms. The highest BCUT2D eigenvalue weighted by Crippen LogP contribution is 2.40.